The van der Waals surface area contributed by atoms with Gasteiger partial charge in [-0.05, 0) is 60.2 Å². The Bertz CT molecular complexity index is 1370. The molecule has 1 unspecified atom stereocenters. The van der Waals surface area contributed by atoms with Crippen molar-refractivity contribution in [3.63, 3.8) is 0 Å². The van der Waals surface area contributed by atoms with Crippen LogP contribution in [0.5, 0.6) is 17.2 Å². The van der Waals surface area contributed by atoms with E-state index in [9.17, 15) is 14.7 Å². The lowest BCUT2D eigenvalue weighted by molar-refractivity contribution is -0.132. The van der Waals surface area contributed by atoms with Gasteiger partial charge < -0.3 is 19.3 Å². The predicted molar refractivity (Wildman–Crippen MR) is 128 cm³/mol. The molecule has 0 aliphatic carbocycles. The van der Waals surface area contributed by atoms with Crippen molar-refractivity contribution in [2.45, 2.75) is 6.04 Å². The first-order chi connectivity index (χ1) is 16.9. The van der Waals surface area contributed by atoms with Crippen LogP contribution in [0.3, 0.4) is 0 Å². The van der Waals surface area contributed by atoms with Crippen LogP contribution in [0.1, 0.15) is 22.7 Å². The van der Waals surface area contributed by atoms with Crippen molar-refractivity contribution in [1.82, 2.24) is 0 Å². The zero-order valence-corrected chi connectivity index (χ0v) is 19.3. The third kappa shape index (κ3) is 4.15. The van der Waals surface area contributed by atoms with E-state index in [-0.39, 0.29) is 11.1 Å². The molecular weight excluding hydrogens is 448 g/mol. The molecule has 1 atom stereocenters. The largest absolute Gasteiger partial charge is 0.507 e. The number of aliphatic hydroxyl groups excluding tert-OH is 1. The monoisotopic (exact) mass is 470 g/mol. The Morgan fingerprint density at radius 3 is 2.23 bits per heavy atom. The number of carbonyl (C=O) groups is 2. The van der Waals surface area contributed by atoms with E-state index in [4.69, 9.17) is 19.5 Å². The zero-order chi connectivity index (χ0) is 25.1. The molecule has 0 saturated carbocycles. The molecule has 0 radical (unpaired) electrons. The molecule has 0 aromatic heterocycles. The highest BCUT2D eigenvalue weighted by molar-refractivity contribution is 6.51. The number of carbonyl (C=O) groups excluding carboxylic acids is 2. The number of nitriles is 1. The van der Waals surface area contributed by atoms with Crippen LogP contribution in [-0.4, -0.2) is 38.1 Å². The molecule has 4 rings (SSSR count). The van der Waals surface area contributed by atoms with Gasteiger partial charge in [0.05, 0.1) is 50.1 Å². The van der Waals surface area contributed by atoms with Crippen LogP contribution >= 0.6 is 0 Å². The van der Waals surface area contributed by atoms with E-state index in [1.165, 1.54) is 32.3 Å². The first kappa shape index (κ1) is 23.4. The van der Waals surface area contributed by atoms with Gasteiger partial charge in [0.2, 0.25) is 0 Å². The van der Waals surface area contributed by atoms with E-state index >= 15 is 0 Å². The van der Waals surface area contributed by atoms with Gasteiger partial charge in [0.1, 0.15) is 23.0 Å². The van der Waals surface area contributed by atoms with E-state index in [2.05, 4.69) is 0 Å². The zero-order valence-electron chi connectivity index (χ0n) is 19.3. The Labute approximate surface area is 202 Å². The maximum Gasteiger partial charge on any atom is 0.300 e. The molecule has 1 N–H and O–H groups in total. The van der Waals surface area contributed by atoms with Crippen molar-refractivity contribution in [2.24, 2.45) is 0 Å². The van der Waals surface area contributed by atoms with Crippen molar-refractivity contribution in [2.75, 3.05) is 26.2 Å². The number of ether oxygens (including phenoxy) is 3. The first-order valence-electron chi connectivity index (χ1n) is 10.6. The van der Waals surface area contributed by atoms with Gasteiger partial charge in [-0.2, -0.15) is 5.26 Å². The minimum atomic E-state index is -0.964. The third-order valence-electron chi connectivity index (χ3n) is 5.79. The molecule has 1 heterocycles. The van der Waals surface area contributed by atoms with Crippen LogP contribution < -0.4 is 19.1 Å². The predicted octanol–water partition coefficient (Wildman–Crippen LogP) is 4.21. The number of nitrogens with zero attached hydrogens (tertiary/aromatic N) is 2. The molecular formula is C27H22N2O6. The fourth-order valence-corrected chi connectivity index (χ4v) is 4.07. The number of anilines is 1. The van der Waals surface area contributed by atoms with Gasteiger partial charge in [-0.1, -0.05) is 12.1 Å². The molecule has 35 heavy (non-hydrogen) atoms. The highest BCUT2D eigenvalue weighted by atomic mass is 16.5. The maximum absolute atomic E-state index is 13.4. The number of rotatable bonds is 6. The highest BCUT2D eigenvalue weighted by Gasteiger charge is 2.47. The lowest BCUT2D eigenvalue weighted by Gasteiger charge is -2.26. The van der Waals surface area contributed by atoms with Gasteiger partial charge >= 0.3 is 0 Å². The fraction of sp³-hybridized carbons (Fsp3) is 0.148. The van der Waals surface area contributed by atoms with Gasteiger partial charge in [-0.3, -0.25) is 14.5 Å². The average molecular weight is 470 g/mol. The molecule has 3 aromatic rings. The Kier molecular flexibility index (Phi) is 6.42. The molecule has 1 amide bonds. The SMILES string of the molecule is COc1cccc(C2/C(=C(\O)c3cc(OC)ccc3OC)C(=O)C(=O)N2c2ccc(C#N)cc2)c1. The molecule has 176 valence electrons. The highest BCUT2D eigenvalue weighted by Crippen LogP contribution is 2.44. The Hall–Kier alpha value is -4.77. The van der Waals surface area contributed by atoms with Crippen LogP contribution in [0, 0.1) is 11.3 Å². The van der Waals surface area contributed by atoms with Crippen LogP contribution in [0.15, 0.2) is 72.3 Å². The van der Waals surface area contributed by atoms with Crippen molar-refractivity contribution in [3.8, 4) is 23.3 Å². The van der Waals surface area contributed by atoms with Gasteiger partial charge in [-0.25, -0.2) is 0 Å². The topological polar surface area (TPSA) is 109 Å². The minimum absolute atomic E-state index is 0.112. The van der Waals surface area contributed by atoms with Gasteiger partial charge in [0.25, 0.3) is 11.7 Å². The molecule has 0 spiro atoms. The van der Waals surface area contributed by atoms with Crippen LogP contribution in [0.2, 0.25) is 0 Å². The summed E-state index contributed by atoms with van der Waals surface area (Å²) in [6.07, 6.45) is 0. The van der Waals surface area contributed by atoms with E-state index in [1.807, 2.05) is 6.07 Å². The lowest BCUT2D eigenvalue weighted by atomic mass is 9.94. The number of methoxy groups -OCH3 is 3. The molecule has 3 aromatic carbocycles. The van der Waals surface area contributed by atoms with Crippen LogP contribution in [0.25, 0.3) is 5.76 Å². The van der Waals surface area contributed by atoms with Crippen molar-refractivity contribution in [3.05, 3.63) is 89.0 Å². The molecule has 1 fully saturated rings. The van der Waals surface area contributed by atoms with Crippen LogP contribution in [-0.2, 0) is 9.59 Å². The Balaban J connectivity index is 1.98. The second-order valence-corrected chi connectivity index (χ2v) is 7.67. The summed E-state index contributed by atoms with van der Waals surface area (Å²) < 4.78 is 16.0. The summed E-state index contributed by atoms with van der Waals surface area (Å²) in [5.41, 5.74) is 1.45. The molecule has 1 aliphatic rings. The summed E-state index contributed by atoms with van der Waals surface area (Å²) in [5.74, 6) is -0.811. The van der Waals surface area contributed by atoms with Gasteiger partial charge in [0, 0.05) is 5.69 Å². The fourth-order valence-electron chi connectivity index (χ4n) is 4.07. The second-order valence-electron chi connectivity index (χ2n) is 7.67. The number of hydrogen-bond donors (Lipinski definition) is 1. The lowest BCUT2D eigenvalue weighted by Crippen LogP contribution is -2.29. The summed E-state index contributed by atoms with van der Waals surface area (Å²) in [5, 5.41) is 20.6. The average Bonchev–Trinajstić information content (AvgIpc) is 3.18. The summed E-state index contributed by atoms with van der Waals surface area (Å²) in [6.45, 7) is 0. The number of Topliss-reactive ketones (excluding diaryl/α,β-unsaturated/α-hetero) is 1. The standard InChI is InChI=1S/C27H22N2O6/c1-33-19-6-4-5-17(13-19)24-23(25(30)21-14-20(34-2)11-12-22(21)35-3)26(31)27(32)29(24)18-9-7-16(15-28)8-10-18/h4-14,24,30H,1-3H3/b25-23+. The first-order valence-corrected chi connectivity index (χ1v) is 10.6. The van der Waals surface area contributed by atoms with Gasteiger partial charge in [-0.15, -0.1) is 0 Å². The van der Waals surface area contributed by atoms with Crippen molar-refractivity contribution >= 4 is 23.1 Å². The quantitative estimate of drug-likeness (QED) is 0.326. The number of amides is 1. The van der Waals surface area contributed by atoms with E-state index in [0.717, 1.165) is 0 Å². The van der Waals surface area contributed by atoms with E-state index in [1.54, 1.807) is 60.7 Å². The summed E-state index contributed by atoms with van der Waals surface area (Å²) in [6, 6.07) is 19.1. The smallest absolute Gasteiger partial charge is 0.300 e. The Morgan fingerprint density at radius 2 is 1.60 bits per heavy atom. The molecule has 0 bridgehead atoms. The normalized spacial score (nSPS) is 16.6. The second kappa shape index (κ2) is 9.61. The van der Waals surface area contributed by atoms with Crippen LogP contribution in [0.4, 0.5) is 5.69 Å². The third-order valence-corrected chi connectivity index (χ3v) is 5.79. The number of ketones is 1. The van der Waals surface area contributed by atoms with E-state index < -0.39 is 23.5 Å². The number of hydrogen-bond acceptors (Lipinski definition) is 7. The Morgan fingerprint density at radius 1 is 0.914 bits per heavy atom. The molecule has 1 aliphatic heterocycles. The molecule has 1 saturated heterocycles. The van der Waals surface area contributed by atoms with Crippen molar-refractivity contribution in [1.29, 1.82) is 5.26 Å². The minimum Gasteiger partial charge on any atom is -0.507 e. The summed E-state index contributed by atoms with van der Waals surface area (Å²) in [4.78, 5) is 28.0. The maximum atomic E-state index is 13.4. The molecule has 8 heteroatoms. The van der Waals surface area contributed by atoms with E-state index in [0.29, 0.717) is 34.1 Å². The van der Waals surface area contributed by atoms with Gasteiger partial charge in [0.15, 0.2) is 0 Å². The van der Waals surface area contributed by atoms with Crippen molar-refractivity contribution < 1.29 is 28.9 Å². The summed E-state index contributed by atoms with van der Waals surface area (Å²) in [7, 11) is 4.43. The number of aliphatic hydroxyl groups is 1. The summed E-state index contributed by atoms with van der Waals surface area (Å²) >= 11 is 0. The molecule has 8 nitrogen and oxygen atoms in total. The number of benzene rings is 3.